The maximum atomic E-state index is 12.6. The third-order valence-corrected chi connectivity index (χ3v) is 5.99. The monoisotopic (exact) mass is 478 g/mol. The molecule has 1 amide bonds. The van der Waals surface area contributed by atoms with Gasteiger partial charge < -0.3 is 19.9 Å². The van der Waals surface area contributed by atoms with Crippen molar-refractivity contribution >= 4 is 45.9 Å². The van der Waals surface area contributed by atoms with Gasteiger partial charge in [0.25, 0.3) is 0 Å². The van der Waals surface area contributed by atoms with Crippen molar-refractivity contribution in [2.24, 2.45) is 0 Å². The zero-order chi connectivity index (χ0) is 23.5. The van der Waals surface area contributed by atoms with Crippen LogP contribution in [0.2, 0.25) is 5.02 Å². The van der Waals surface area contributed by atoms with E-state index in [0.29, 0.717) is 22.1 Å². The number of hydrogen-bond donors (Lipinski definition) is 1. The number of hydrogen-bond acceptors (Lipinski definition) is 8. The van der Waals surface area contributed by atoms with Crippen LogP contribution in [0.5, 0.6) is 5.75 Å². The molecule has 0 aliphatic carbocycles. The Balaban J connectivity index is 1.28. The molecule has 4 heterocycles. The number of ether oxygens (including phenoxy) is 1. The molecule has 10 nitrogen and oxygen atoms in total. The van der Waals surface area contributed by atoms with Crippen molar-refractivity contribution in [3.63, 3.8) is 0 Å². The number of anilines is 3. The number of amides is 1. The number of nitrogens with one attached hydrogen (secondary N) is 1. The molecule has 1 aliphatic heterocycles. The number of benzene rings is 1. The summed E-state index contributed by atoms with van der Waals surface area (Å²) in [6.45, 7) is 3.28. The molecule has 3 aromatic heterocycles. The lowest BCUT2D eigenvalue weighted by Crippen LogP contribution is -2.47. The second-order valence-corrected chi connectivity index (χ2v) is 8.20. The molecule has 174 valence electrons. The van der Waals surface area contributed by atoms with Crippen molar-refractivity contribution in [1.29, 1.82) is 0 Å². The van der Waals surface area contributed by atoms with Gasteiger partial charge in [-0.05, 0) is 30.3 Å². The van der Waals surface area contributed by atoms with E-state index < -0.39 is 0 Å². The van der Waals surface area contributed by atoms with Gasteiger partial charge >= 0.3 is 0 Å². The smallest absolute Gasteiger partial charge is 0.246 e. The van der Waals surface area contributed by atoms with Gasteiger partial charge in [0.1, 0.15) is 30.3 Å². The quantitative estimate of drug-likeness (QED) is 0.451. The molecular weight excluding hydrogens is 456 g/mol. The molecule has 5 rings (SSSR count). The van der Waals surface area contributed by atoms with Crippen LogP contribution < -0.4 is 19.9 Å². The van der Waals surface area contributed by atoms with Gasteiger partial charge in [-0.2, -0.15) is 5.10 Å². The second kappa shape index (κ2) is 9.52. The Kier molecular flexibility index (Phi) is 6.13. The summed E-state index contributed by atoms with van der Waals surface area (Å²) in [6.07, 6.45) is 5.04. The Bertz CT molecular complexity index is 1310. The van der Waals surface area contributed by atoms with Gasteiger partial charge in [0.15, 0.2) is 5.65 Å². The van der Waals surface area contributed by atoms with E-state index in [1.54, 1.807) is 36.2 Å². The van der Waals surface area contributed by atoms with Crippen molar-refractivity contribution in [3.05, 3.63) is 60.1 Å². The van der Waals surface area contributed by atoms with Gasteiger partial charge in [-0.3, -0.25) is 4.79 Å². The highest BCUT2D eigenvalue weighted by Gasteiger charge is 2.22. The fourth-order valence-electron chi connectivity index (χ4n) is 4.02. The van der Waals surface area contributed by atoms with Gasteiger partial charge in [-0.25, -0.2) is 19.6 Å². The molecule has 34 heavy (non-hydrogen) atoms. The summed E-state index contributed by atoms with van der Waals surface area (Å²) < 4.78 is 6.72. The predicted octanol–water partition coefficient (Wildman–Crippen LogP) is 2.85. The van der Waals surface area contributed by atoms with Crippen LogP contribution in [-0.2, 0) is 11.3 Å². The number of carbonyl (C=O) groups excluding carboxylic acids is 1. The molecule has 1 fully saturated rings. The molecule has 0 bridgehead atoms. The van der Waals surface area contributed by atoms with Crippen LogP contribution >= 0.6 is 11.6 Å². The molecule has 0 atom stereocenters. The van der Waals surface area contributed by atoms with Crippen LogP contribution in [-0.4, -0.2) is 63.9 Å². The van der Waals surface area contributed by atoms with E-state index in [1.165, 1.54) is 6.33 Å². The highest BCUT2D eigenvalue weighted by molar-refractivity contribution is 6.32. The summed E-state index contributed by atoms with van der Waals surface area (Å²) in [7, 11) is 1.54. The van der Waals surface area contributed by atoms with Crippen molar-refractivity contribution in [1.82, 2.24) is 24.7 Å². The lowest BCUT2D eigenvalue weighted by Gasteiger charge is -2.36. The van der Waals surface area contributed by atoms with Gasteiger partial charge in [-0.1, -0.05) is 17.7 Å². The fourth-order valence-corrected chi connectivity index (χ4v) is 4.27. The molecule has 11 heteroatoms. The van der Waals surface area contributed by atoms with Gasteiger partial charge in [-0.15, -0.1) is 0 Å². The second-order valence-electron chi connectivity index (χ2n) is 7.80. The molecule has 1 N–H and O–H groups in total. The van der Waals surface area contributed by atoms with Crippen molar-refractivity contribution in [2.75, 3.05) is 48.4 Å². The third kappa shape index (κ3) is 4.44. The number of rotatable bonds is 6. The van der Waals surface area contributed by atoms with Gasteiger partial charge in [0.2, 0.25) is 5.91 Å². The standard InChI is InChI=1S/C23H23ClN8O2/c1-34-19-6-5-16(12-18(19)24)29-21(33)14-32-23-17(13-28-32)22(26-15-27-23)31-10-8-30(9-11-31)20-4-2-3-7-25-20/h2-7,12-13,15H,8-11,14H2,1H3,(H,29,33). The average Bonchev–Trinajstić information content (AvgIpc) is 3.27. The van der Waals surface area contributed by atoms with E-state index in [1.807, 2.05) is 24.4 Å². The predicted molar refractivity (Wildman–Crippen MR) is 131 cm³/mol. The van der Waals surface area contributed by atoms with Crippen LogP contribution in [0.3, 0.4) is 0 Å². The van der Waals surface area contributed by atoms with Crippen LogP contribution in [0.1, 0.15) is 0 Å². The summed E-state index contributed by atoms with van der Waals surface area (Å²) >= 11 is 6.15. The van der Waals surface area contributed by atoms with Crippen LogP contribution in [0.25, 0.3) is 11.0 Å². The minimum atomic E-state index is -0.240. The Labute approximate surface area is 201 Å². The van der Waals surface area contributed by atoms with Crippen molar-refractivity contribution < 1.29 is 9.53 Å². The topological polar surface area (TPSA) is 101 Å². The molecule has 0 radical (unpaired) electrons. The lowest BCUT2D eigenvalue weighted by atomic mass is 10.2. The molecule has 0 spiro atoms. The highest BCUT2D eigenvalue weighted by Crippen LogP contribution is 2.28. The molecule has 4 aromatic rings. The third-order valence-electron chi connectivity index (χ3n) is 5.69. The number of piperazine rings is 1. The summed E-state index contributed by atoms with van der Waals surface area (Å²) in [6, 6.07) is 11.0. The first-order valence-electron chi connectivity index (χ1n) is 10.8. The molecule has 0 saturated carbocycles. The molecule has 1 aromatic carbocycles. The number of fused-ring (bicyclic) bond motifs is 1. The first-order chi connectivity index (χ1) is 16.6. The maximum absolute atomic E-state index is 12.6. The number of methoxy groups -OCH3 is 1. The summed E-state index contributed by atoms with van der Waals surface area (Å²) in [5.41, 5.74) is 1.19. The average molecular weight is 479 g/mol. The number of halogens is 1. The van der Waals surface area contributed by atoms with Gasteiger partial charge in [0, 0.05) is 38.1 Å². The zero-order valence-corrected chi connectivity index (χ0v) is 19.3. The molecule has 1 aliphatic rings. The van der Waals surface area contributed by atoms with E-state index in [2.05, 4.69) is 35.2 Å². The fraction of sp³-hybridized carbons (Fsp3) is 0.261. The Hall–Kier alpha value is -3.92. The number of aromatic nitrogens is 5. The first kappa shape index (κ1) is 21.9. The minimum absolute atomic E-state index is 0.0110. The summed E-state index contributed by atoms with van der Waals surface area (Å²) in [5.74, 6) is 2.10. The van der Waals surface area contributed by atoms with E-state index in [-0.39, 0.29) is 12.5 Å². The zero-order valence-electron chi connectivity index (χ0n) is 18.6. The van der Waals surface area contributed by atoms with Crippen LogP contribution in [0.15, 0.2) is 55.1 Å². The Morgan fingerprint density at radius 2 is 1.91 bits per heavy atom. The molecule has 1 saturated heterocycles. The number of nitrogens with zero attached hydrogens (tertiary/aromatic N) is 7. The van der Waals surface area contributed by atoms with Crippen molar-refractivity contribution in [3.8, 4) is 5.75 Å². The normalized spacial score (nSPS) is 13.8. The number of carbonyl (C=O) groups is 1. The first-order valence-corrected chi connectivity index (χ1v) is 11.2. The maximum Gasteiger partial charge on any atom is 0.246 e. The van der Waals surface area contributed by atoms with Gasteiger partial charge in [0.05, 0.1) is 23.7 Å². The largest absolute Gasteiger partial charge is 0.495 e. The SMILES string of the molecule is COc1ccc(NC(=O)Cn2ncc3c(N4CCN(c5ccccn5)CC4)ncnc32)cc1Cl. The summed E-state index contributed by atoms with van der Waals surface area (Å²) in [5, 5.41) is 8.47. The summed E-state index contributed by atoms with van der Waals surface area (Å²) in [4.78, 5) is 30.4. The molecular formula is C23H23ClN8O2. The highest BCUT2D eigenvalue weighted by atomic mass is 35.5. The minimum Gasteiger partial charge on any atom is -0.495 e. The van der Waals surface area contributed by atoms with E-state index in [9.17, 15) is 4.79 Å². The van der Waals surface area contributed by atoms with E-state index >= 15 is 0 Å². The van der Waals surface area contributed by atoms with Crippen LogP contribution in [0, 0.1) is 0 Å². The lowest BCUT2D eigenvalue weighted by molar-refractivity contribution is -0.116. The van der Waals surface area contributed by atoms with E-state index in [0.717, 1.165) is 43.2 Å². The number of pyridine rings is 1. The van der Waals surface area contributed by atoms with E-state index in [4.69, 9.17) is 16.3 Å². The van der Waals surface area contributed by atoms with Crippen LogP contribution in [0.4, 0.5) is 17.3 Å². The Morgan fingerprint density at radius 1 is 1.09 bits per heavy atom. The molecule has 0 unspecified atom stereocenters. The van der Waals surface area contributed by atoms with Crippen molar-refractivity contribution in [2.45, 2.75) is 6.54 Å². The Morgan fingerprint density at radius 3 is 2.65 bits per heavy atom.